The highest BCUT2D eigenvalue weighted by molar-refractivity contribution is 9.10. The summed E-state index contributed by atoms with van der Waals surface area (Å²) in [7, 11) is 0. The Bertz CT molecular complexity index is 296. The zero-order chi connectivity index (χ0) is 10.5. The fraction of sp³-hybridized carbons (Fsp3) is 0.545. The molecule has 0 aromatic carbocycles. The van der Waals surface area contributed by atoms with E-state index in [1.54, 1.807) is 0 Å². The molecule has 3 nitrogen and oxygen atoms in total. The number of piperidine rings is 1. The molecule has 0 spiro atoms. The third-order valence-electron chi connectivity index (χ3n) is 2.53. The molecule has 1 aliphatic rings. The van der Waals surface area contributed by atoms with Crippen molar-refractivity contribution >= 4 is 15.9 Å². The molecule has 0 bridgehead atoms. The van der Waals surface area contributed by atoms with E-state index in [0.717, 1.165) is 29.7 Å². The van der Waals surface area contributed by atoms with E-state index in [9.17, 15) is 0 Å². The lowest BCUT2D eigenvalue weighted by atomic mass is 10.1. The topological polar surface area (TPSA) is 34.1 Å². The van der Waals surface area contributed by atoms with Crippen molar-refractivity contribution in [3.63, 3.8) is 0 Å². The van der Waals surface area contributed by atoms with E-state index in [1.807, 2.05) is 18.3 Å². The summed E-state index contributed by atoms with van der Waals surface area (Å²) < 4.78 is 6.66. The van der Waals surface area contributed by atoms with Crippen LogP contribution < -0.4 is 5.32 Å². The first-order chi connectivity index (χ1) is 7.34. The number of aromatic nitrogens is 1. The van der Waals surface area contributed by atoms with Gasteiger partial charge in [0.15, 0.2) is 0 Å². The second kappa shape index (κ2) is 5.58. The number of nitrogens with zero attached hydrogens (tertiary/aromatic N) is 1. The Balaban J connectivity index is 1.79. The van der Waals surface area contributed by atoms with E-state index in [-0.39, 0.29) is 0 Å². The number of pyridine rings is 1. The normalized spacial score (nSPS) is 21.5. The number of rotatable bonds is 3. The average molecular weight is 271 g/mol. The smallest absolute Gasteiger partial charge is 0.106 e. The Morgan fingerprint density at radius 3 is 3.13 bits per heavy atom. The molecule has 1 fully saturated rings. The molecule has 15 heavy (non-hydrogen) atoms. The predicted octanol–water partition coefficient (Wildman–Crippen LogP) is 2.11. The van der Waals surface area contributed by atoms with Gasteiger partial charge in [-0.15, -0.1) is 0 Å². The summed E-state index contributed by atoms with van der Waals surface area (Å²) in [4.78, 5) is 4.16. The lowest BCUT2D eigenvalue weighted by Crippen LogP contribution is -2.35. The van der Waals surface area contributed by atoms with Crippen LogP contribution in [0.3, 0.4) is 0 Å². The molecule has 1 atom stereocenters. The minimum Gasteiger partial charge on any atom is -0.372 e. The summed E-state index contributed by atoms with van der Waals surface area (Å²) >= 11 is 3.31. The lowest BCUT2D eigenvalue weighted by Gasteiger charge is -2.22. The van der Waals surface area contributed by atoms with E-state index in [2.05, 4.69) is 26.2 Å². The van der Waals surface area contributed by atoms with Crippen molar-refractivity contribution in [2.75, 3.05) is 13.1 Å². The van der Waals surface area contributed by atoms with Gasteiger partial charge in [0, 0.05) is 12.7 Å². The summed E-state index contributed by atoms with van der Waals surface area (Å²) in [6.07, 6.45) is 4.59. The molecule has 1 N–H and O–H groups in total. The van der Waals surface area contributed by atoms with Crippen LogP contribution in [0.15, 0.2) is 22.9 Å². The van der Waals surface area contributed by atoms with E-state index in [4.69, 9.17) is 4.74 Å². The summed E-state index contributed by atoms with van der Waals surface area (Å²) in [5.74, 6) is 0. The summed E-state index contributed by atoms with van der Waals surface area (Å²) in [5, 5.41) is 3.33. The zero-order valence-electron chi connectivity index (χ0n) is 8.58. The molecule has 2 rings (SSSR count). The number of nitrogens with one attached hydrogen (secondary N) is 1. The number of ether oxygens (including phenoxy) is 1. The lowest BCUT2D eigenvalue weighted by molar-refractivity contribution is 0.0251. The van der Waals surface area contributed by atoms with Crippen LogP contribution in [-0.4, -0.2) is 24.2 Å². The first kappa shape index (κ1) is 11.0. The zero-order valence-corrected chi connectivity index (χ0v) is 10.2. The molecule has 0 aliphatic carbocycles. The van der Waals surface area contributed by atoms with Gasteiger partial charge < -0.3 is 10.1 Å². The van der Waals surface area contributed by atoms with Crippen molar-refractivity contribution in [1.82, 2.24) is 10.3 Å². The van der Waals surface area contributed by atoms with Crippen LogP contribution in [0, 0.1) is 0 Å². The monoisotopic (exact) mass is 270 g/mol. The molecule has 82 valence electrons. The maximum Gasteiger partial charge on any atom is 0.106 e. The van der Waals surface area contributed by atoms with Gasteiger partial charge in [0.2, 0.25) is 0 Å². The number of hydrogen-bond donors (Lipinski definition) is 1. The molecule has 1 aromatic heterocycles. The standard InChI is InChI=1S/C11H15BrN2O/c12-11-4-3-9(6-14-11)8-15-10-2-1-5-13-7-10/h3-4,6,10,13H,1-2,5,7-8H2/t10-/m0/s1. The van der Waals surface area contributed by atoms with Crippen molar-refractivity contribution in [2.45, 2.75) is 25.6 Å². The number of halogens is 1. The SMILES string of the molecule is Brc1ccc(CO[C@H]2CCCNC2)cn1. The van der Waals surface area contributed by atoms with Crippen molar-refractivity contribution in [3.05, 3.63) is 28.5 Å². The molecule has 0 radical (unpaired) electrons. The van der Waals surface area contributed by atoms with E-state index in [0.29, 0.717) is 12.7 Å². The van der Waals surface area contributed by atoms with Crippen LogP contribution in [0.25, 0.3) is 0 Å². The van der Waals surface area contributed by atoms with Gasteiger partial charge in [0.1, 0.15) is 4.60 Å². The van der Waals surface area contributed by atoms with Crippen LogP contribution in [0.4, 0.5) is 0 Å². The summed E-state index contributed by atoms with van der Waals surface area (Å²) in [5.41, 5.74) is 1.13. The maximum absolute atomic E-state index is 5.79. The molecular formula is C11H15BrN2O. The Kier molecular flexibility index (Phi) is 4.11. The predicted molar refractivity (Wildman–Crippen MR) is 62.6 cm³/mol. The van der Waals surface area contributed by atoms with Gasteiger partial charge in [-0.3, -0.25) is 0 Å². The van der Waals surface area contributed by atoms with Crippen LogP contribution in [-0.2, 0) is 11.3 Å². The first-order valence-electron chi connectivity index (χ1n) is 5.27. The Morgan fingerprint density at radius 2 is 2.47 bits per heavy atom. The third-order valence-corrected chi connectivity index (χ3v) is 3.00. The van der Waals surface area contributed by atoms with Crippen LogP contribution in [0.1, 0.15) is 18.4 Å². The molecule has 1 aliphatic heterocycles. The maximum atomic E-state index is 5.79. The van der Waals surface area contributed by atoms with Gasteiger partial charge in [-0.1, -0.05) is 6.07 Å². The number of hydrogen-bond acceptors (Lipinski definition) is 3. The fourth-order valence-corrected chi connectivity index (χ4v) is 1.90. The largest absolute Gasteiger partial charge is 0.372 e. The van der Waals surface area contributed by atoms with Gasteiger partial charge in [-0.05, 0) is 46.9 Å². The minimum atomic E-state index is 0.363. The molecule has 1 aromatic rings. The first-order valence-corrected chi connectivity index (χ1v) is 6.06. The Labute approximate surface area is 98.4 Å². The average Bonchev–Trinajstić information content (AvgIpc) is 2.30. The second-order valence-electron chi connectivity index (χ2n) is 3.77. The van der Waals surface area contributed by atoms with Gasteiger partial charge >= 0.3 is 0 Å². The highest BCUT2D eigenvalue weighted by atomic mass is 79.9. The van der Waals surface area contributed by atoms with E-state index < -0.39 is 0 Å². The Hall–Kier alpha value is -0.450. The molecule has 1 saturated heterocycles. The van der Waals surface area contributed by atoms with Gasteiger partial charge in [0.25, 0.3) is 0 Å². The van der Waals surface area contributed by atoms with Crippen molar-refractivity contribution in [3.8, 4) is 0 Å². The minimum absolute atomic E-state index is 0.363. The summed E-state index contributed by atoms with van der Waals surface area (Å²) in [6, 6.07) is 3.98. The van der Waals surface area contributed by atoms with Crippen LogP contribution in [0.5, 0.6) is 0 Å². The quantitative estimate of drug-likeness (QED) is 0.855. The van der Waals surface area contributed by atoms with Crippen molar-refractivity contribution in [1.29, 1.82) is 0 Å². The molecular weight excluding hydrogens is 256 g/mol. The molecule has 4 heteroatoms. The van der Waals surface area contributed by atoms with Crippen LogP contribution in [0.2, 0.25) is 0 Å². The van der Waals surface area contributed by atoms with E-state index >= 15 is 0 Å². The molecule has 0 amide bonds. The van der Waals surface area contributed by atoms with Crippen molar-refractivity contribution in [2.24, 2.45) is 0 Å². The van der Waals surface area contributed by atoms with Crippen LogP contribution >= 0.6 is 15.9 Å². The third kappa shape index (κ3) is 3.55. The van der Waals surface area contributed by atoms with Gasteiger partial charge in [0.05, 0.1) is 12.7 Å². The molecule has 0 saturated carbocycles. The molecule has 0 unspecified atom stereocenters. The summed E-state index contributed by atoms with van der Waals surface area (Å²) in [6.45, 7) is 2.76. The Morgan fingerprint density at radius 1 is 1.53 bits per heavy atom. The van der Waals surface area contributed by atoms with Gasteiger partial charge in [-0.2, -0.15) is 0 Å². The highest BCUT2D eigenvalue weighted by Crippen LogP contribution is 2.11. The van der Waals surface area contributed by atoms with E-state index in [1.165, 1.54) is 6.42 Å². The second-order valence-corrected chi connectivity index (χ2v) is 4.58. The fourth-order valence-electron chi connectivity index (χ4n) is 1.67. The van der Waals surface area contributed by atoms with Gasteiger partial charge in [-0.25, -0.2) is 4.98 Å². The van der Waals surface area contributed by atoms with Crippen molar-refractivity contribution < 1.29 is 4.74 Å². The highest BCUT2D eigenvalue weighted by Gasteiger charge is 2.12. The molecule has 2 heterocycles.